The highest BCUT2D eigenvalue weighted by molar-refractivity contribution is 5.89. The van der Waals surface area contributed by atoms with Gasteiger partial charge in [-0.05, 0) is 68.7 Å². The molecule has 4 atom stereocenters. The van der Waals surface area contributed by atoms with Crippen molar-refractivity contribution >= 4 is 11.9 Å². The Morgan fingerprint density at radius 3 is 1.65 bits per heavy atom. The van der Waals surface area contributed by atoms with Crippen molar-refractivity contribution in [2.75, 3.05) is 0 Å². The fourth-order valence-corrected chi connectivity index (χ4v) is 4.52. The lowest BCUT2D eigenvalue weighted by atomic mass is 9.81. The van der Waals surface area contributed by atoms with E-state index in [-0.39, 0.29) is 36.0 Å². The standard InChI is InChI=1S/C30H42O4/c1-5-8-16-26(23(4)33-29(31)24-18-12-10-13-19-24)22-27(17-9-6-2)28(7-3)34-30(32)25-20-14-11-15-21-25/h10-15,18-21,23,26-28H,5-9,16-17,22H2,1-4H3. The molecular weight excluding hydrogens is 424 g/mol. The SMILES string of the molecule is CCCCC(CC(CCCC)C(CC)OC(=O)c1ccccc1)C(C)OC(=O)c1ccccc1. The summed E-state index contributed by atoms with van der Waals surface area (Å²) in [5.41, 5.74) is 1.16. The first-order valence-electron chi connectivity index (χ1n) is 13.0. The summed E-state index contributed by atoms with van der Waals surface area (Å²) < 4.78 is 12.0. The second-order valence-electron chi connectivity index (χ2n) is 9.23. The van der Waals surface area contributed by atoms with Gasteiger partial charge in [-0.15, -0.1) is 0 Å². The molecule has 0 N–H and O–H groups in total. The van der Waals surface area contributed by atoms with E-state index in [1.165, 1.54) is 0 Å². The topological polar surface area (TPSA) is 52.6 Å². The summed E-state index contributed by atoms with van der Waals surface area (Å²) in [6.45, 7) is 8.46. The lowest BCUT2D eigenvalue weighted by Crippen LogP contribution is -2.32. The Morgan fingerprint density at radius 1 is 0.706 bits per heavy atom. The largest absolute Gasteiger partial charge is 0.459 e. The van der Waals surface area contributed by atoms with Gasteiger partial charge in [-0.3, -0.25) is 0 Å². The molecule has 0 saturated heterocycles. The van der Waals surface area contributed by atoms with Crippen LogP contribution in [0.5, 0.6) is 0 Å². The number of rotatable bonds is 15. The Labute approximate surface area is 206 Å². The van der Waals surface area contributed by atoms with E-state index in [1.807, 2.05) is 43.3 Å². The number of hydrogen-bond acceptors (Lipinski definition) is 4. The quantitative estimate of drug-likeness (QED) is 0.251. The van der Waals surface area contributed by atoms with Gasteiger partial charge >= 0.3 is 11.9 Å². The molecule has 0 aliphatic carbocycles. The lowest BCUT2D eigenvalue weighted by molar-refractivity contribution is -0.00740. The molecule has 0 amide bonds. The van der Waals surface area contributed by atoms with E-state index in [1.54, 1.807) is 24.3 Å². The number of carbonyl (C=O) groups excluding carboxylic acids is 2. The van der Waals surface area contributed by atoms with Crippen LogP contribution < -0.4 is 0 Å². The van der Waals surface area contributed by atoms with Crippen molar-refractivity contribution in [1.82, 2.24) is 0 Å². The number of carbonyl (C=O) groups is 2. The van der Waals surface area contributed by atoms with Gasteiger partial charge in [0.05, 0.1) is 11.1 Å². The van der Waals surface area contributed by atoms with Crippen molar-refractivity contribution in [3.63, 3.8) is 0 Å². The molecular formula is C30H42O4. The number of esters is 2. The summed E-state index contributed by atoms with van der Waals surface area (Å²) in [6.07, 6.45) is 7.64. The Kier molecular flexibility index (Phi) is 12.4. The number of unbranched alkanes of at least 4 members (excludes halogenated alkanes) is 2. The second kappa shape index (κ2) is 15.3. The molecule has 0 saturated carbocycles. The normalized spacial score (nSPS) is 14.6. The number of hydrogen-bond donors (Lipinski definition) is 0. The first kappa shape index (κ1) is 27.6. The molecule has 0 aromatic heterocycles. The van der Waals surface area contributed by atoms with Gasteiger partial charge in [-0.25, -0.2) is 9.59 Å². The van der Waals surface area contributed by atoms with Gasteiger partial charge in [0.25, 0.3) is 0 Å². The summed E-state index contributed by atoms with van der Waals surface area (Å²) in [5, 5.41) is 0. The molecule has 0 aliphatic heterocycles. The van der Waals surface area contributed by atoms with E-state index >= 15 is 0 Å². The maximum Gasteiger partial charge on any atom is 0.338 e. The third-order valence-corrected chi connectivity index (χ3v) is 6.62. The zero-order chi connectivity index (χ0) is 24.8. The van der Waals surface area contributed by atoms with Crippen LogP contribution in [0.1, 0.15) is 99.8 Å². The fraction of sp³-hybridized carbons (Fsp3) is 0.533. The van der Waals surface area contributed by atoms with Gasteiger partial charge in [-0.1, -0.05) is 82.9 Å². The Hall–Kier alpha value is -2.62. The molecule has 2 aromatic rings. The van der Waals surface area contributed by atoms with E-state index < -0.39 is 0 Å². The minimum absolute atomic E-state index is 0.152. The molecule has 0 bridgehead atoms. The van der Waals surface area contributed by atoms with Crippen LogP contribution in [0.4, 0.5) is 0 Å². The molecule has 4 heteroatoms. The van der Waals surface area contributed by atoms with Gasteiger partial charge in [0.15, 0.2) is 0 Å². The van der Waals surface area contributed by atoms with E-state index in [0.29, 0.717) is 11.1 Å². The van der Waals surface area contributed by atoms with Crippen molar-refractivity contribution < 1.29 is 19.1 Å². The smallest absolute Gasteiger partial charge is 0.338 e. The van der Waals surface area contributed by atoms with Crippen LogP contribution in [0.2, 0.25) is 0 Å². The highest BCUT2D eigenvalue weighted by Gasteiger charge is 2.30. The molecule has 4 unspecified atom stereocenters. The first-order valence-corrected chi connectivity index (χ1v) is 13.0. The van der Waals surface area contributed by atoms with Crippen molar-refractivity contribution in [2.45, 2.75) is 91.3 Å². The van der Waals surface area contributed by atoms with Crippen LogP contribution in [0, 0.1) is 11.8 Å². The predicted molar refractivity (Wildman–Crippen MR) is 138 cm³/mol. The van der Waals surface area contributed by atoms with Crippen LogP contribution in [0.3, 0.4) is 0 Å². The molecule has 0 spiro atoms. The molecule has 2 rings (SSSR count). The van der Waals surface area contributed by atoms with Gasteiger partial charge in [0, 0.05) is 0 Å². The zero-order valence-electron chi connectivity index (χ0n) is 21.4. The first-order chi connectivity index (χ1) is 16.5. The van der Waals surface area contributed by atoms with E-state index in [4.69, 9.17) is 9.47 Å². The van der Waals surface area contributed by atoms with E-state index in [9.17, 15) is 9.59 Å². The van der Waals surface area contributed by atoms with Crippen molar-refractivity contribution in [3.05, 3.63) is 71.8 Å². The van der Waals surface area contributed by atoms with Crippen LogP contribution in [0.15, 0.2) is 60.7 Å². The van der Waals surface area contributed by atoms with Crippen molar-refractivity contribution in [3.8, 4) is 0 Å². The highest BCUT2D eigenvalue weighted by atomic mass is 16.5. The molecule has 0 aliphatic rings. The fourth-order valence-electron chi connectivity index (χ4n) is 4.52. The lowest BCUT2D eigenvalue weighted by Gasteiger charge is -2.32. The summed E-state index contributed by atoms with van der Waals surface area (Å²) in [7, 11) is 0. The van der Waals surface area contributed by atoms with Crippen molar-refractivity contribution in [2.24, 2.45) is 11.8 Å². The molecule has 4 nitrogen and oxygen atoms in total. The monoisotopic (exact) mass is 466 g/mol. The molecule has 186 valence electrons. The highest BCUT2D eigenvalue weighted by Crippen LogP contribution is 2.32. The summed E-state index contributed by atoms with van der Waals surface area (Å²) in [4.78, 5) is 25.5. The second-order valence-corrected chi connectivity index (χ2v) is 9.23. The minimum Gasteiger partial charge on any atom is -0.459 e. The average molecular weight is 467 g/mol. The molecule has 0 heterocycles. The summed E-state index contributed by atoms with van der Waals surface area (Å²) >= 11 is 0. The molecule has 2 aromatic carbocycles. The Morgan fingerprint density at radius 2 is 1.18 bits per heavy atom. The van der Waals surface area contributed by atoms with E-state index in [2.05, 4.69) is 20.8 Å². The number of ether oxygens (including phenoxy) is 2. The molecule has 0 radical (unpaired) electrons. The van der Waals surface area contributed by atoms with Crippen LogP contribution >= 0.6 is 0 Å². The van der Waals surface area contributed by atoms with E-state index in [0.717, 1.165) is 51.4 Å². The molecule has 0 fully saturated rings. The van der Waals surface area contributed by atoms with Crippen LogP contribution in [-0.4, -0.2) is 24.1 Å². The van der Waals surface area contributed by atoms with Crippen LogP contribution in [-0.2, 0) is 9.47 Å². The Bertz CT molecular complexity index is 833. The number of benzene rings is 2. The van der Waals surface area contributed by atoms with Gasteiger partial charge in [-0.2, -0.15) is 0 Å². The van der Waals surface area contributed by atoms with Gasteiger partial charge in [0.2, 0.25) is 0 Å². The third kappa shape index (κ3) is 8.96. The summed E-state index contributed by atoms with van der Waals surface area (Å²) in [5.74, 6) is -0.0823. The zero-order valence-corrected chi connectivity index (χ0v) is 21.4. The average Bonchev–Trinajstić information content (AvgIpc) is 2.87. The van der Waals surface area contributed by atoms with Crippen LogP contribution in [0.25, 0.3) is 0 Å². The Balaban J connectivity index is 2.14. The maximum atomic E-state index is 12.8. The minimum atomic E-state index is -0.276. The van der Waals surface area contributed by atoms with Gasteiger partial charge in [0.1, 0.15) is 12.2 Å². The summed E-state index contributed by atoms with van der Waals surface area (Å²) in [6, 6.07) is 18.4. The van der Waals surface area contributed by atoms with Gasteiger partial charge < -0.3 is 9.47 Å². The molecule has 34 heavy (non-hydrogen) atoms. The van der Waals surface area contributed by atoms with Crippen molar-refractivity contribution in [1.29, 1.82) is 0 Å². The maximum absolute atomic E-state index is 12.8. The third-order valence-electron chi connectivity index (χ3n) is 6.62. The predicted octanol–water partition coefficient (Wildman–Crippen LogP) is 7.87.